The van der Waals surface area contributed by atoms with Gasteiger partial charge in [0.25, 0.3) is 0 Å². The van der Waals surface area contributed by atoms with Crippen LogP contribution in [0.4, 0.5) is 0 Å². The number of benzene rings is 2. The van der Waals surface area contributed by atoms with E-state index >= 15 is 0 Å². The molecule has 2 bridgehead atoms. The number of nitrogens with zero attached hydrogens (tertiary/aromatic N) is 2. The standard InChI is InChI=1S/C28H27ClN2O2/c1-27(33,19-5-4-12-30-17-19)18-10-13-31(14-11-18)26(32)28-16-23(21-6-2-3-7-24(21)28)22-9-8-20(29)15-25(22)28/h2-9,12,15,17-18,23,33H,10-11,13-14,16H2,1H3/t23-,27?,28-/m0/s1. The maximum Gasteiger partial charge on any atom is 0.237 e. The molecule has 3 aromatic rings. The van der Waals surface area contributed by atoms with Gasteiger partial charge in [-0.15, -0.1) is 0 Å². The van der Waals surface area contributed by atoms with E-state index in [2.05, 4.69) is 29.2 Å². The van der Waals surface area contributed by atoms with Crippen molar-refractivity contribution in [3.05, 3.63) is 99.8 Å². The molecule has 168 valence electrons. The number of hydrogen-bond acceptors (Lipinski definition) is 3. The van der Waals surface area contributed by atoms with Gasteiger partial charge < -0.3 is 10.0 Å². The van der Waals surface area contributed by atoms with Gasteiger partial charge >= 0.3 is 0 Å². The van der Waals surface area contributed by atoms with Gasteiger partial charge in [0.1, 0.15) is 5.41 Å². The molecule has 5 heteroatoms. The van der Waals surface area contributed by atoms with Crippen molar-refractivity contribution >= 4 is 17.5 Å². The lowest BCUT2D eigenvalue weighted by atomic mass is 9.73. The minimum absolute atomic E-state index is 0.0807. The number of hydrogen-bond donors (Lipinski definition) is 1. The van der Waals surface area contributed by atoms with Crippen LogP contribution in [-0.2, 0) is 15.8 Å². The van der Waals surface area contributed by atoms with Gasteiger partial charge in [0.2, 0.25) is 5.91 Å². The fraction of sp³-hybridized carbons (Fsp3) is 0.357. The van der Waals surface area contributed by atoms with Crippen molar-refractivity contribution in [1.29, 1.82) is 0 Å². The zero-order valence-electron chi connectivity index (χ0n) is 18.7. The molecule has 4 nitrogen and oxygen atoms in total. The molecule has 33 heavy (non-hydrogen) atoms. The second-order valence-electron chi connectivity index (χ2n) is 9.94. The summed E-state index contributed by atoms with van der Waals surface area (Å²) in [6.45, 7) is 3.16. The molecule has 1 aliphatic heterocycles. The van der Waals surface area contributed by atoms with Gasteiger partial charge in [-0.2, -0.15) is 0 Å². The van der Waals surface area contributed by atoms with Gasteiger partial charge in [-0.25, -0.2) is 0 Å². The highest BCUT2D eigenvalue weighted by Gasteiger charge is 2.58. The molecule has 0 saturated carbocycles. The number of amides is 1. The molecule has 6 rings (SSSR count). The van der Waals surface area contributed by atoms with Crippen molar-refractivity contribution in [3.8, 4) is 0 Å². The van der Waals surface area contributed by atoms with E-state index in [9.17, 15) is 9.90 Å². The fourth-order valence-electron chi connectivity index (χ4n) is 6.58. The lowest BCUT2D eigenvalue weighted by molar-refractivity contribution is -0.139. The Morgan fingerprint density at radius 2 is 1.85 bits per heavy atom. The first-order valence-corrected chi connectivity index (χ1v) is 12.1. The van der Waals surface area contributed by atoms with Crippen LogP contribution in [0.5, 0.6) is 0 Å². The number of rotatable bonds is 3. The third-order valence-electron chi connectivity index (χ3n) is 8.35. The molecule has 1 amide bonds. The molecule has 1 unspecified atom stereocenters. The minimum Gasteiger partial charge on any atom is -0.385 e. The topological polar surface area (TPSA) is 53.4 Å². The second-order valence-corrected chi connectivity index (χ2v) is 10.4. The number of carbonyl (C=O) groups excluding carboxylic acids is 1. The molecular formula is C28H27ClN2O2. The van der Waals surface area contributed by atoms with Gasteiger partial charge in [0.15, 0.2) is 0 Å². The highest BCUT2D eigenvalue weighted by molar-refractivity contribution is 6.30. The van der Waals surface area contributed by atoms with Crippen LogP contribution in [0.2, 0.25) is 5.02 Å². The summed E-state index contributed by atoms with van der Waals surface area (Å²) in [6.07, 6.45) is 5.77. The van der Waals surface area contributed by atoms with Crippen LogP contribution in [0.3, 0.4) is 0 Å². The highest BCUT2D eigenvalue weighted by Crippen LogP contribution is 2.61. The Kier molecular flexibility index (Phi) is 4.69. The molecular weight excluding hydrogens is 432 g/mol. The molecule has 3 aliphatic rings. The first-order valence-electron chi connectivity index (χ1n) is 11.7. The zero-order valence-corrected chi connectivity index (χ0v) is 19.4. The van der Waals surface area contributed by atoms with Crippen LogP contribution in [0.15, 0.2) is 67.0 Å². The quantitative estimate of drug-likeness (QED) is 0.599. The number of likely N-dealkylation sites (tertiary alicyclic amines) is 1. The van der Waals surface area contributed by atoms with Crippen LogP contribution in [-0.4, -0.2) is 34.0 Å². The van der Waals surface area contributed by atoms with Crippen LogP contribution >= 0.6 is 11.6 Å². The number of fused-ring (bicyclic) bond motifs is 8. The van der Waals surface area contributed by atoms with Gasteiger partial charge in [0, 0.05) is 42.0 Å². The summed E-state index contributed by atoms with van der Waals surface area (Å²) in [5.41, 5.74) is 3.95. The summed E-state index contributed by atoms with van der Waals surface area (Å²) in [5.74, 6) is 0.511. The monoisotopic (exact) mass is 458 g/mol. The summed E-state index contributed by atoms with van der Waals surface area (Å²) in [7, 11) is 0. The maximum atomic E-state index is 14.3. The number of piperidine rings is 1. The Bertz CT molecular complexity index is 1230. The lowest BCUT2D eigenvalue weighted by Crippen LogP contribution is -2.51. The number of pyridine rings is 1. The number of carbonyl (C=O) groups is 1. The summed E-state index contributed by atoms with van der Waals surface area (Å²) in [4.78, 5) is 20.5. The van der Waals surface area contributed by atoms with Crippen LogP contribution in [0, 0.1) is 5.92 Å². The second kappa shape index (κ2) is 7.41. The molecule has 1 fully saturated rings. The number of halogens is 1. The van der Waals surface area contributed by atoms with E-state index in [-0.39, 0.29) is 17.7 Å². The Hall–Kier alpha value is -2.69. The average molecular weight is 459 g/mol. The van der Waals surface area contributed by atoms with Crippen molar-refractivity contribution in [2.24, 2.45) is 5.92 Å². The number of aromatic nitrogens is 1. The maximum absolute atomic E-state index is 14.3. The molecule has 2 aromatic carbocycles. The van der Waals surface area contributed by atoms with E-state index in [1.807, 2.05) is 42.2 Å². The highest BCUT2D eigenvalue weighted by atomic mass is 35.5. The van der Waals surface area contributed by atoms with E-state index in [1.54, 1.807) is 12.4 Å². The van der Waals surface area contributed by atoms with E-state index in [4.69, 9.17) is 11.6 Å². The van der Waals surface area contributed by atoms with E-state index in [0.29, 0.717) is 18.1 Å². The van der Waals surface area contributed by atoms with Crippen LogP contribution in [0.1, 0.15) is 59.9 Å². The molecule has 1 N–H and O–H groups in total. The normalized spacial score (nSPS) is 25.4. The molecule has 1 aromatic heterocycles. The van der Waals surface area contributed by atoms with E-state index in [0.717, 1.165) is 36.0 Å². The van der Waals surface area contributed by atoms with Crippen molar-refractivity contribution in [2.75, 3.05) is 13.1 Å². The van der Waals surface area contributed by atoms with Crippen molar-refractivity contribution in [2.45, 2.75) is 43.1 Å². The van der Waals surface area contributed by atoms with Gasteiger partial charge in [-0.3, -0.25) is 9.78 Å². The molecule has 0 radical (unpaired) electrons. The van der Waals surface area contributed by atoms with Crippen LogP contribution in [0.25, 0.3) is 0 Å². The van der Waals surface area contributed by atoms with Crippen LogP contribution < -0.4 is 0 Å². The molecule has 3 atom stereocenters. The molecule has 2 heterocycles. The fourth-order valence-corrected chi connectivity index (χ4v) is 6.75. The summed E-state index contributed by atoms with van der Waals surface area (Å²) in [6, 6.07) is 18.2. The van der Waals surface area contributed by atoms with Crippen molar-refractivity contribution in [3.63, 3.8) is 0 Å². The molecule has 1 saturated heterocycles. The Balaban J connectivity index is 1.31. The molecule has 0 spiro atoms. The lowest BCUT2D eigenvalue weighted by Gasteiger charge is -2.42. The minimum atomic E-state index is -0.958. The van der Waals surface area contributed by atoms with Crippen molar-refractivity contribution in [1.82, 2.24) is 9.88 Å². The van der Waals surface area contributed by atoms with E-state index < -0.39 is 11.0 Å². The summed E-state index contributed by atoms with van der Waals surface area (Å²) >= 11 is 6.41. The van der Waals surface area contributed by atoms with Gasteiger partial charge in [-0.1, -0.05) is 48.0 Å². The summed E-state index contributed by atoms with van der Waals surface area (Å²) in [5, 5.41) is 12.0. The Morgan fingerprint density at radius 1 is 1.09 bits per heavy atom. The average Bonchev–Trinajstić information content (AvgIpc) is 3.37. The molecule has 2 aliphatic carbocycles. The van der Waals surface area contributed by atoms with Gasteiger partial charge in [-0.05, 0) is 72.6 Å². The number of aliphatic hydroxyl groups is 1. The predicted molar refractivity (Wildman–Crippen MR) is 128 cm³/mol. The van der Waals surface area contributed by atoms with Gasteiger partial charge in [0.05, 0.1) is 5.60 Å². The first kappa shape index (κ1) is 20.9. The van der Waals surface area contributed by atoms with Crippen molar-refractivity contribution < 1.29 is 9.90 Å². The van der Waals surface area contributed by atoms with E-state index in [1.165, 1.54) is 11.1 Å². The predicted octanol–water partition coefficient (Wildman–Crippen LogP) is 5.02. The SMILES string of the molecule is CC(O)(c1cccnc1)C1CCN(C(=O)[C@@]23C[C@@H](c4ccccc42)c2ccc(Cl)cc23)CC1. The third kappa shape index (κ3) is 2.93. The Labute approximate surface area is 199 Å². The Morgan fingerprint density at radius 3 is 2.61 bits per heavy atom. The smallest absolute Gasteiger partial charge is 0.237 e. The summed E-state index contributed by atoms with van der Waals surface area (Å²) < 4.78 is 0. The first-order chi connectivity index (χ1) is 15.9. The zero-order chi connectivity index (χ0) is 22.8. The largest absolute Gasteiger partial charge is 0.385 e. The third-order valence-corrected chi connectivity index (χ3v) is 8.58.